The average molecular weight is 464 g/mol. The Balaban J connectivity index is 1.07. The first-order valence-electron chi connectivity index (χ1n) is 13.1. The second kappa shape index (κ2) is 11.0. The van der Waals surface area contributed by atoms with Crippen LogP contribution in [-0.2, 0) is 22.4 Å². The van der Waals surface area contributed by atoms with Gasteiger partial charge in [0.25, 0.3) is 0 Å². The summed E-state index contributed by atoms with van der Waals surface area (Å²) in [6.07, 6.45) is 15.2. The van der Waals surface area contributed by atoms with Crippen molar-refractivity contribution in [2.45, 2.75) is 82.3 Å². The van der Waals surface area contributed by atoms with Crippen LogP contribution in [0.3, 0.4) is 0 Å². The summed E-state index contributed by atoms with van der Waals surface area (Å²) < 4.78 is 6.19. The molecule has 3 aliphatic rings. The average Bonchev–Trinajstić information content (AvgIpc) is 3.27. The Labute approximate surface area is 202 Å². The summed E-state index contributed by atoms with van der Waals surface area (Å²) >= 11 is 0. The molecule has 0 bridgehead atoms. The number of hydrogen-bond donors (Lipinski definition) is 1. The Morgan fingerprint density at radius 1 is 1.12 bits per heavy atom. The predicted octanol–water partition coefficient (Wildman–Crippen LogP) is 4.94. The molecule has 3 heterocycles. The van der Waals surface area contributed by atoms with Gasteiger partial charge < -0.3 is 9.84 Å². The number of carboxylic acids is 1. The number of carbonyl (C=O) groups is 1. The van der Waals surface area contributed by atoms with Crippen LogP contribution in [0.25, 0.3) is 0 Å². The number of aryl methyl sites for hydroxylation is 1. The molecule has 3 atom stereocenters. The summed E-state index contributed by atoms with van der Waals surface area (Å²) in [6.45, 7) is 2.20. The molecule has 1 saturated heterocycles. The van der Waals surface area contributed by atoms with Gasteiger partial charge in [0.05, 0.1) is 6.10 Å². The molecule has 0 spiro atoms. The standard InChI is InChI=1S/C28H37N3O3/c32-28(33)27(24-10-5-15-30-26(24)22-7-3-8-22)31-16-13-23(19-31)34-17-2-1-6-20-11-12-21-9-4-14-29-25(21)18-20/h4-5,9-10,14-15,20,22-23,27H,1-3,6-8,11-13,16-19H2,(H,32,33)/t20-,23-,27+/m1/s1. The number of rotatable bonds is 10. The predicted molar refractivity (Wildman–Crippen MR) is 131 cm³/mol. The molecule has 1 aliphatic heterocycles. The molecule has 5 rings (SSSR count). The maximum absolute atomic E-state index is 12.3. The van der Waals surface area contributed by atoms with E-state index >= 15 is 0 Å². The lowest BCUT2D eigenvalue weighted by atomic mass is 9.80. The van der Waals surface area contributed by atoms with E-state index in [4.69, 9.17) is 4.74 Å². The van der Waals surface area contributed by atoms with Crippen molar-refractivity contribution in [3.63, 3.8) is 0 Å². The van der Waals surface area contributed by atoms with Gasteiger partial charge in [-0.25, -0.2) is 0 Å². The number of fused-ring (bicyclic) bond motifs is 1. The van der Waals surface area contributed by atoms with Gasteiger partial charge in [0.15, 0.2) is 0 Å². The van der Waals surface area contributed by atoms with E-state index in [0.29, 0.717) is 12.5 Å². The normalized spacial score (nSPS) is 23.9. The van der Waals surface area contributed by atoms with Crippen molar-refractivity contribution >= 4 is 5.97 Å². The van der Waals surface area contributed by atoms with E-state index in [-0.39, 0.29) is 6.10 Å². The van der Waals surface area contributed by atoms with Gasteiger partial charge in [0.2, 0.25) is 0 Å². The zero-order chi connectivity index (χ0) is 23.3. The van der Waals surface area contributed by atoms with Crippen LogP contribution >= 0.6 is 0 Å². The lowest BCUT2D eigenvalue weighted by molar-refractivity contribution is -0.143. The molecule has 0 aromatic carbocycles. The largest absolute Gasteiger partial charge is 0.480 e. The number of hydrogen-bond acceptors (Lipinski definition) is 5. The molecule has 2 aromatic heterocycles. The maximum Gasteiger partial charge on any atom is 0.325 e. The van der Waals surface area contributed by atoms with Crippen LogP contribution < -0.4 is 0 Å². The van der Waals surface area contributed by atoms with E-state index in [0.717, 1.165) is 68.9 Å². The number of unbranched alkanes of at least 4 members (excludes halogenated alkanes) is 1. The van der Waals surface area contributed by atoms with Crippen molar-refractivity contribution in [3.05, 3.63) is 59.2 Å². The van der Waals surface area contributed by atoms with Crippen LogP contribution in [0.5, 0.6) is 0 Å². The first-order chi connectivity index (χ1) is 16.7. The first-order valence-corrected chi connectivity index (χ1v) is 13.1. The summed E-state index contributed by atoms with van der Waals surface area (Å²) in [6, 6.07) is 7.48. The fourth-order valence-electron chi connectivity index (χ4n) is 5.94. The van der Waals surface area contributed by atoms with Crippen molar-refractivity contribution in [2.24, 2.45) is 5.92 Å². The van der Waals surface area contributed by atoms with Gasteiger partial charge in [-0.1, -0.05) is 25.0 Å². The third-order valence-corrected chi connectivity index (χ3v) is 8.08. The van der Waals surface area contributed by atoms with Gasteiger partial charge in [-0.05, 0) is 75.0 Å². The minimum Gasteiger partial charge on any atom is -0.480 e. The summed E-state index contributed by atoms with van der Waals surface area (Å²) in [7, 11) is 0. The van der Waals surface area contributed by atoms with E-state index in [1.165, 1.54) is 36.9 Å². The van der Waals surface area contributed by atoms with Gasteiger partial charge in [0.1, 0.15) is 6.04 Å². The molecule has 34 heavy (non-hydrogen) atoms. The molecule has 2 aliphatic carbocycles. The highest BCUT2D eigenvalue weighted by Crippen LogP contribution is 2.40. The number of aliphatic carboxylic acids is 1. The van der Waals surface area contributed by atoms with Crippen molar-refractivity contribution < 1.29 is 14.6 Å². The van der Waals surface area contributed by atoms with Crippen LogP contribution in [0.2, 0.25) is 0 Å². The van der Waals surface area contributed by atoms with E-state index < -0.39 is 12.0 Å². The first kappa shape index (κ1) is 23.4. The minimum absolute atomic E-state index is 0.122. The third kappa shape index (κ3) is 5.33. The summed E-state index contributed by atoms with van der Waals surface area (Å²) in [5, 5.41) is 10.1. The van der Waals surface area contributed by atoms with Crippen LogP contribution in [0, 0.1) is 5.92 Å². The minimum atomic E-state index is -0.780. The van der Waals surface area contributed by atoms with Crippen LogP contribution in [0.4, 0.5) is 0 Å². The molecule has 182 valence electrons. The highest BCUT2D eigenvalue weighted by atomic mass is 16.5. The number of ether oxygens (including phenoxy) is 1. The second-order valence-electron chi connectivity index (χ2n) is 10.3. The molecule has 6 nitrogen and oxygen atoms in total. The third-order valence-electron chi connectivity index (χ3n) is 8.08. The lowest BCUT2D eigenvalue weighted by Gasteiger charge is -2.31. The van der Waals surface area contributed by atoms with E-state index in [1.54, 1.807) is 6.20 Å². The number of aromatic nitrogens is 2. The molecule has 0 amide bonds. The molecule has 1 N–H and O–H groups in total. The van der Waals surface area contributed by atoms with Crippen molar-refractivity contribution in [1.29, 1.82) is 0 Å². The Kier molecular flexibility index (Phi) is 7.55. The SMILES string of the molecule is O=C(O)[C@H](c1cccnc1C1CCC1)N1CC[C@@H](OCCCC[C@@H]2CCc3cccnc3C2)C1. The van der Waals surface area contributed by atoms with Gasteiger partial charge in [0, 0.05) is 55.0 Å². The van der Waals surface area contributed by atoms with Gasteiger partial charge in [-0.15, -0.1) is 0 Å². The molecule has 1 saturated carbocycles. The molecule has 2 aromatic rings. The highest BCUT2D eigenvalue weighted by molar-refractivity contribution is 5.76. The molecule has 2 fully saturated rings. The topological polar surface area (TPSA) is 75.5 Å². The van der Waals surface area contributed by atoms with Gasteiger partial charge in [-0.2, -0.15) is 0 Å². The Morgan fingerprint density at radius 2 is 1.97 bits per heavy atom. The van der Waals surface area contributed by atoms with Crippen molar-refractivity contribution in [1.82, 2.24) is 14.9 Å². The Bertz CT molecular complexity index is 977. The summed E-state index contributed by atoms with van der Waals surface area (Å²) in [5.41, 5.74) is 4.59. The fraction of sp³-hybridized carbons (Fsp3) is 0.607. The van der Waals surface area contributed by atoms with Crippen LogP contribution in [0.1, 0.15) is 85.8 Å². The van der Waals surface area contributed by atoms with Gasteiger partial charge >= 0.3 is 5.97 Å². The van der Waals surface area contributed by atoms with Crippen molar-refractivity contribution in [2.75, 3.05) is 19.7 Å². The fourth-order valence-corrected chi connectivity index (χ4v) is 5.94. The number of likely N-dealkylation sites (tertiary alicyclic amines) is 1. The van der Waals surface area contributed by atoms with E-state index in [2.05, 4.69) is 20.9 Å². The molecule has 0 unspecified atom stereocenters. The van der Waals surface area contributed by atoms with Crippen molar-refractivity contribution in [3.8, 4) is 0 Å². The monoisotopic (exact) mass is 463 g/mol. The summed E-state index contributed by atoms with van der Waals surface area (Å²) in [4.78, 5) is 23.5. The molecule has 0 radical (unpaired) electrons. The zero-order valence-electron chi connectivity index (χ0n) is 20.1. The number of pyridine rings is 2. The zero-order valence-corrected chi connectivity index (χ0v) is 20.1. The Morgan fingerprint density at radius 3 is 2.79 bits per heavy atom. The maximum atomic E-state index is 12.3. The Hall–Kier alpha value is -2.31. The second-order valence-corrected chi connectivity index (χ2v) is 10.3. The number of carboxylic acid groups (broad SMARTS) is 1. The van der Waals surface area contributed by atoms with Gasteiger partial charge in [-0.3, -0.25) is 19.7 Å². The molecule has 6 heteroatoms. The van der Waals surface area contributed by atoms with E-state index in [1.807, 2.05) is 24.4 Å². The lowest BCUT2D eigenvalue weighted by Crippen LogP contribution is -2.35. The smallest absolute Gasteiger partial charge is 0.325 e. The number of nitrogens with zero attached hydrogens (tertiary/aromatic N) is 3. The van der Waals surface area contributed by atoms with Crippen LogP contribution in [-0.4, -0.2) is 51.7 Å². The van der Waals surface area contributed by atoms with Crippen LogP contribution in [0.15, 0.2) is 36.7 Å². The molecular formula is C28H37N3O3. The quantitative estimate of drug-likeness (QED) is 0.503. The van der Waals surface area contributed by atoms with E-state index in [9.17, 15) is 9.90 Å². The molecular weight excluding hydrogens is 426 g/mol. The summed E-state index contributed by atoms with van der Waals surface area (Å²) in [5.74, 6) is 0.379. The highest BCUT2D eigenvalue weighted by Gasteiger charge is 2.37.